The van der Waals surface area contributed by atoms with Crippen LogP contribution in [0.25, 0.3) is 0 Å². The minimum absolute atomic E-state index is 0. The Morgan fingerprint density at radius 1 is 1.10 bits per heavy atom. The summed E-state index contributed by atoms with van der Waals surface area (Å²) in [6.07, 6.45) is 1.65. The molecule has 156 valence electrons. The molecule has 0 aromatic heterocycles. The number of methoxy groups -OCH3 is 1. The minimum Gasteiger partial charge on any atom is -0.497 e. The first-order valence-electron chi connectivity index (χ1n) is 9.98. The van der Waals surface area contributed by atoms with Gasteiger partial charge >= 0.3 is 6.71 Å². The maximum atomic E-state index is 12.9. The Labute approximate surface area is 189 Å². The van der Waals surface area contributed by atoms with Crippen LogP contribution in [0.3, 0.4) is 0 Å². The molecule has 30 heavy (non-hydrogen) atoms. The van der Waals surface area contributed by atoms with Crippen LogP contribution in [0.2, 0.25) is 15.9 Å². The van der Waals surface area contributed by atoms with E-state index in [9.17, 15) is 10.1 Å². The predicted molar refractivity (Wildman–Crippen MR) is 124 cm³/mol. The van der Waals surface area contributed by atoms with E-state index in [-0.39, 0.29) is 42.6 Å². The molecule has 2 aromatic carbocycles. The van der Waals surface area contributed by atoms with E-state index >= 15 is 0 Å². The van der Waals surface area contributed by atoms with E-state index in [0.717, 1.165) is 29.7 Å². The van der Waals surface area contributed by atoms with Crippen molar-refractivity contribution < 1.29 is 9.53 Å². The van der Waals surface area contributed by atoms with E-state index in [1.807, 2.05) is 30.3 Å². The largest absolute Gasteiger partial charge is 0.497 e. The van der Waals surface area contributed by atoms with Crippen LogP contribution < -0.4 is 4.74 Å². The van der Waals surface area contributed by atoms with Crippen molar-refractivity contribution in [2.75, 3.05) is 7.11 Å². The molecule has 4 rings (SSSR count). The zero-order chi connectivity index (χ0) is 20.7. The molecule has 1 aliphatic carbocycles. The lowest BCUT2D eigenvalue weighted by Crippen LogP contribution is -2.32. The average molecular weight is 442 g/mol. The van der Waals surface area contributed by atoms with Crippen molar-refractivity contribution in [2.45, 2.75) is 44.8 Å². The zero-order valence-electron chi connectivity index (χ0n) is 16.4. The highest BCUT2D eigenvalue weighted by Crippen LogP contribution is 2.58. The highest BCUT2D eigenvalue weighted by Gasteiger charge is 2.56. The first-order chi connectivity index (χ1) is 14.0. The number of ether oxygens (including phenoxy) is 1. The van der Waals surface area contributed by atoms with E-state index in [0.29, 0.717) is 10.0 Å². The molecule has 2 fully saturated rings. The Kier molecular flexibility index (Phi) is 6.85. The number of rotatable bonds is 3. The molecule has 0 bridgehead atoms. The summed E-state index contributed by atoms with van der Waals surface area (Å²) in [5.74, 6) is 3.33. The van der Waals surface area contributed by atoms with E-state index < -0.39 is 6.71 Å². The molecular formula is C24H26BCl2NO2. The predicted octanol–water partition coefficient (Wildman–Crippen LogP) is 6.60. The number of halogens is 2. The number of nitriles is 1. The maximum Gasteiger partial charge on any atom is 0.347 e. The number of nitrogens with zero attached hydrogens (tertiary/aromatic N) is 1. The van der Waals surface area contributed by atoms with E-state index in [2.05, 4.69) is 25.0 Å². The Balaban J connectivity index is 0.00000256. The Bertz CT molecular complexity index is 972. The van der Waals surface area contributed by atoms with Gasteiger partial charge in [-0.25, -0.2) is 5.26 Å². The lowest BCUT2D eigenvalue weighted by molar-refractivity contribution is -0.117. The number of hydrogen-bond donors (Lipinski definition) is 0. The first kappa shape index (κ1) is 22.7. The van der Waals surface area contributed by atoms with Crippen molar-refractivity contribution in [2.24, 2.45) is 11.8 Å². The van der Waals surface area contributed by atoms with Crippen molar-refractivity contribution in [1.29, 1.82) is 5.26 Å². The van der Waals surface area contributed by atoms with Gasteiger partial charge in [0.25, 0.3) is 0 Å². The third-order valence-electron chi connectivity index (χ3n) is 6.91. The summed E-state index contributed by atoms with van der Waals surface area (Å²) in [5, 5.41) is 11.0. The van der Waals surface area contributed by atoms with Gasteiger partial charge in [-0.2, -0.15) is 0 Å². The van der Waals surface area contributed by atoms with Gasteiger partial charge in [-0.1, -0.05) is 55.8 Å². The average Bonchev–Trinajstić information content (AvgIpc) is 2.97. The summed E-state index contributed by atoms with van der Waals surface area (Å²) >= 11 is 12.8. The quantitative estimate of drug-likeness (QED) is 0.504. The summed E-state index contributed by atoms with van der Waals surface area (Å²) < 4.78 is 5.31. The number of carbonyl (C=O) groups excluding carboxylic acids is 1. The molecule has 1 saturated carbocycles. The summed E-state index contributed by atoms with van der Waals surface area (Å²) in [6, 6.07) is 13.7. The summed E-state index contributed by atoms with van der Waals surface area (Å²) in [6.45, 7) is 1.53. The van der Waals surface area contributed by atoms with Gasteiger partial charge in [-0.05, 0) is 71.8 Å². The highest BCUT2D eigenvalue weighted by molar-refractivity contribution is 6.97. The van der Waals surface area contributed by atoms with E-state index in [1.54, 1.807) is 7.11 Å². The lowest BCUT2D eigenvalue weighted by atomic mass is 9.42. The molecule has 0 radical (unpaired) electrons. The van der Waals surface area contributed by atoms with Gasteiger partial charge in [-0.15, -0.1) is 0 Å². The minimum atomic E-state index is -0.523. The van der Waals surface area contributed by atoms with Gasteiger partial charge in [0, 0.05) is 21.9 Å². The molecular weight excluding hydrogens is 416 g/mol. The van der Waals surface area contributed by atoms with Gasteiger partial charge in [0.05, 0.1) is 7.11 Å². The van der Waals surface area contributed by atoms with Crippen LogP contribution in [0, 0.1) is 23.1 Å². The van der Waals surface area contributed by atoms with Crippen LogP contribution in [-0.2, 0) is 4.79 Å². The van der Waals surface area contributed by atoms with Crippen LogP contribution in [0.5, 0.6) is 5.75 Å². The smallest absolute Gasteiger partial charge is 0.347 e. The van der Waals surface area contributed by atoms with Crippen LogP contribution in [0.1, 0.15) is 50.2 Å². The second-order valence-electron chi connectivity index (χ2n) is 8.20. The molecule has 0 N–H and O–H groups in total. The van der Waals surface area contributed by atoms with Crippen LogP contribution in [0.4, 0.5) is 0 Å². The van der Waals surface area contributed by atoms with Gasteiger partial charge < -0.3 is 9.53 Å². The molecule has 6 heteroatoms. The monoisotopic (exact) mass is 441 g/mol. The fraction of sp³-hybridized carbons (Fsp3) is 0.417. The Morgan fingerprint density at radius 3 is 2.37 bits per heavy atom. The summed E-state index contributed by atoms with van der Waals surface area (Å²) in [4.78, 5) is 12.9. The van der Waals surface area contributed by atoms with Crippen molar-refractivity contribution in [3.63, 3.8) is 0 Å². The SMILES string of the molecule is C.COc1ccc(C2CCC3C(=O)B(C#N)C(C)C3C2c2ccc(Cl)cc2)c(Cl)c1. The van der Waals surface area contributed by atoms with E-state index in [1.165, 1.54) is 0 Å². The number of fused-ring (bicyclic) bond motifs is 1. The first-order valence-corrected chi connectivity index (χ1v) is 10.7. The van der Waals surface area contributed by atoms with Gasteiger partial charge in [0.2, 0.25) is 0 Å². The highest BCUT2D eigenvalue weighted by atomic mass is 35.5. The molecule has 1 heterocycles. The van der Waals surface area contributed by atoms with Crippen LogP contribution in [0.15, 0.2) is 42.5 Å². The molecule has 0 spiro atoms. The van der Waals surface area contributed by atoms with Gasteiger partial charge in [-0.3, -0.25) is 0 Å². The Hall–Kier alpha value is -1.96. The molecule has 3 nitrogen and oxygen atoms in total. The molecule has 2 aliphatic rings. The number of benzene rings is 2. The van der Waals surface area contributed by atoms with Crippen molar-refractivity contribution in [3.05, 3.63) is 63.6 Å². The van der Waals surface area contributed by atoms with Crippen LogP contribution in [-0.4, -0.2) is 19.5 Å². The molecule has 0 amide bonds. The zero-order valence-corrected chi connectivity index (χ0v) is 18.0. The maximum absolute atomic E-state index is 12.9. The molecule has 5 atom stereocenters. The fourth-order valence-corrected chi connectivity index (χ4v) is 6.03. The number of hydrogen-bond acceptors (Lipinski definition) is 3. The van der Waals surface area contributed by atoms with Gasteiger partial charge in [0.1, 0.15) is 11.4 Å². The fourth-order valence-electron chi connectivity index (χ4n) is 5.59. The lowest BCUT2D eigenvalue weighted by Gasteiger charge is -2.42. The van der Waals surface area contributed by atoms with Crippen molar-refractivity contribution >= 4 is 35.6 Å². The van der Waals surface area contributed by atoms with Gasteiger partial charge in [0.15, 0.2) is 0 Å². The Morgan fingerprint density at radius 2 is 1.77 bits per heavy atom. The molecule has 5 unspecified atom stereocenters. The van der Waals surface area contributed by atoms with Crippen molar-refractivity contribution in [3.8, 4) is 11.7 Å². The third kappa shape index (κ3) is 3.75. The topological polar surface area (TPSA) is 50.1 Å². The second-order valence-corrected chi connectivity index (χ2v) is 9.04. The standard InChI is InChI=1S/C23H22BCl2NO2.CH4/c1-13-21-19(23(28)24(13)12-27)10-9-18(17-8-7-16(29-2)11-20(17)26)22(21)14-3-5-15(25)6-4-14;/h3-8,11,13,18-19,21-22H,9-10H2,1-2H3;1H4. The number of carbonyl (C=O) groups is 1. The third-order valence-corrected chi connectivity index (χ3v) is 7.49. The summed E-state index contributed by atoms with van der Waals surface area (Å²) in [5.41, 5.74) is 2.34. The van der Waals surface area contributed by atoms with Crippen LogP contribution >= 0.6 is 23.2 Å². The van der Waals surface area contributed by atoms with Crippen molar-refractivity contribution in [1.82, 2.24) is 0 Å². The second kappa shape index (κ2) is 9.04. The summed E-state index contributed by atoms with van der Waals surface area (Å²) in [7, 11) is 1.63. The van der Waals surface area contributed by atoms with E-state index in [4.69, 9.17) is 27.9 Å². The molecule has 1 saturated heterocycles. The molecule has 1 aliphatic heterocycles. The molecule has 2 aromatic rings. The normalized spacial score (nSPS) is 27.8.